The largest absolute Gasteiger partial charge is 0.506 e. The van der Waals surface area contributed by atoms with Crippen LogP contribution in [0.15, 0.2) is 12.0 Å². The molecule has 0 amide bonds. The quantitative estimate of drug-likeness (QED) is 0.313. The summed E-state index contributed by atoms with van der Waals surface area (Å²) in [6, 6.07) is 0. The van der Waals surface area contributed by atoms with Crippen molar-refractivity contribution < 1.29 is 49.6 Å². The molecule has 3 unspecified atom stereocenters. The molecule has 2 aliphatic heterocycles. The first-order valence-corrected chi connectivity index (χ1v) is 6.62. The Morgan fingerprint density at radius 2 is 1.77 bits per heavy atom. The standard InChI is InChI=1S/C12H20O10/c1-19-12-10(8(17)7(16)5(2-13)21-12)22-11-9(18)6(15)4(14)3-20-11/h3,5-18H,2H2,1H3/t5?,6?,7-,8-,9-,10?,11-,12+/m0/s1. The maximum atomic E-state index is 10.1. The third-order valence-electron chi connectivity index (χ3n) is 3.58. The van der Waals surface area contributed by atoms with Crippen LogP contribution in [-0.2, 0) is 18.9 Å². The van der Waals surface area contributed by atoms with Crippen molar-refractivity contribution in [2.24, 2.45) is 0 Å². The third kappa shape index (κ3) is 3.19. The predicted molar refractivity (Wildman–Crippen MR) is 67.2 cm³/mol. The van der Waals surface area contributed by atoms with Gasteiger partial charge in [0, 0.05) is 7.11 Å². The second-order valence-electron chi connectivity index (χ2n) is 5.03. The molecule has 2 heterocycles. The molecule has 2 rings (SSSR count). The van der Waals surface area contributed by atoms with E-state index in [2.05, 4.69) is 0 Å². The van der Waals surface area contributed by atoms with E-state index in [1.54, 1.807) is 0 Å². The van der Waals surface area contributed by atoms with Crippen molar-refractivity contribution >= 4 is 0 Å². The van der Waals surface area contributed by atoms with Gasteiger partial charge in [0.25, 0.3) is 0 Å². The van der Waals surface area contributed by atoms with Gasteiger partial charge in [-0.2, -0.15) is 0 Å². The minimum Gasteiger partial charge on any atom is -0.506 e. The van der Waals surface area contributed by atoms with Gasteiger partial charge in [-0.25, -0.2) is 0 Å². The van der Waals surface area contributed by atoms with Gasteiger partial charge in [0.1, 0.15) is 42.9 Å². The third-order valence-corrected chi connectivity index (χ3v) is 3.58. The van der Waals surface area contributed by atoms with Crippen molar-refractivity contribution in [2.75, 3.05) is 13.7 Å². The molecule has 0 aromatic rings. The Balaban J connectivity index is 2.10. The fourth-order valence-corrected chi connectivity index (χ4v) is 2.27. The van der Waals surface area contributed by atoms with Crippen molar-refractivity contribution in [3.05, 3.63) is 12.0 Å². The summed E-state index contributed by atoms with van der Waals surface area (Å²) in [7, 11) is 1.26. The molecule has 1 fully saturated rings. The van der Waals surface area contributed by atoms with Crippen LogP contribution in [0.4, 0.5) is 0 Å². The molecule has 22 heavy (non-hydrogen) atoms. The Kier molecular flexibility index (Phi) is 5.58. The minimum absolute atomic E-state index is 0.539. The summed E-state index contributed by atoms with van der Waals surface area (Å²) in [6.07, 6.45) is -10.3. The molecule has 1 saturated heterocycles. The molecular weight excluding hydrogens is 304 g/mol. The van der Waals surface area contributed by atoms with E-state index in [-0.39, 0.29) is 0 Å². The number of rotatable bonds is 4. The van der Waals surface area contributed by atoms with E-state index in [1.165, 1.54) is 7.11 Å². The monoisotopic (exact) mass is 324 g/mol. The SMILES string of the molecule is CO[C@@H]1OC(CO)[C@H](O)[C@H](O)C1O[C@@H]1OC=C(O)C(O)[C@@H]1O. The van der Waals surface area contributed by atoms with Gasteiger partial charge in [-0.3, -0.25) is 0 Å². The topological polar surface area (TPSA) is 158 Å². The first kappa shape index (κ1) is 17.4. The number of aliphatic hydroxyl groups excluding tert-OH is 6. The first-order valence-electron chi connectivity index (χ1n) is 6.62. The van der Waals surface area contributed by atoms with Crippen LogP contribution in [0.3, 0.4) is 0 Å². The van der Waals surface area contributed by atoms with Gasteiger partial charge in [0.2, 0.25) is 6.29 Å². The van der Waals surface area contributed by atoms with E-state index in [4.69, 9.17) is 24.1 Å². The van der Waals surface area contributed by atoms with Gasteiger partial charge in [-0.1, -0.05) is 0 Å². The molecule has 8 atom stereocenters. The van der Waals surface area contributed by atoms with E-state index in [1.807, 2.05) is 0 Å². The van der Waals surface area contributed by atoms with Crippen LogP contribution >= 0.6 is 0 Å². The molecule has 0 saturated carbocycles. The summed E-state index contributed by atoms with van der Waals surface area (Å²) in [5.41, 5.74) is 0. The number of ether oxygens (including phenoxy) is 4. The lowest BCUT2D eigenvalue weighted by Gasteiger charge is -2.43. The maximum Gasteiger partial charge on any atom is 0.228 e. The van der Waals surface area contributed by atoms with Crippen LogP contribution in [-0.4, -0.2) is 93.6 Å². The summed E-state index contributed by atoms with van der Waals surface area (Å²) in [5, 5.41) is 57.5. The van der Waals surface area contributed by atoms with E-state index in [0.717, 1.165) is 6.26 Å². The average Bonchev–Trinajstić information content (AvgIpc) is 2.52. The van der Waals surface area contributed by atoms with Gasteiger partial charge in [0.05, 0.1) is 6.61 Å². The van der Waals surface area contributed by atoms with Crippen molar-refractivity contribution in [3.63, 3.8) is 0 Å². The Labute approximate surface area is 125 Å². The van der Waals surface area contributed by atoms with Crippen LogP contribution < -0.4 is 0 Å². The van der Waals surface area contributed by atoms with Crippen molar-refractivity contribution in [1.82, 2.24) is 0 Å². The first-order chi connectivity index (χ1) is 10.4. The van der Waals surface area contributed by atoms with Crippen LogP contribution in [0.1, 0.15) is 0 Å². The molecule has 0 spiro atoms. The fourth-order valence-electron chi connectivity index (χ4n) is 2.27. The Bertz CT molecular complexity index is 399. The van der Waals surface area contributed by atoms with Gasteiger partial charge in [-0.15, -0.1) is 0 Å². The molecule has 0 aromatic heterocycles. The number of hydrogen-bond acceptors (Lipinski definition) is 10. The van der Waals surface area contributed by atoms with Crippen LogP contribution in [0, 0.1) is 0 Å². The van der Waals surface area contributed by atoms with Crippen molar-refractivity contribution in [2.45, 2.75) is 49.2 Å². The molecule has 0 bridgehead atoms. The molecule has 2 aliphatic rings. The molecule has 10 heteroatoms. The highest BCUT2D eigenvalue weighted by molar-refractivity contribution is 5.02. The number of hydrogen-bond donors (Lipinski definition) is 6. The Morgan fingerprint density at radius 3 is 2.36 bits per heavy atom. The second kappa shape index (κ2) is 7.06. The van der Waals surface area contributed by atoms with Gasteiger partial charge in [0.15, 0.2) is 12.0 Å². The molecule has 0 aromatic carbocycles. The summed E-state index contributed by atoms with van der Waals surface area (Å²) in [4.78, 5) is 0. The highest BCUT2D eigenvalue weighted by atomic mass is 16.7. The zero-order valence-corrected chi connectivity index (χ0v) is 11.7. The zero-order chi connectivity index (χ0) is 16.4. The maximum absolute atomic E-state index is 10.1. The molecule has 10 nitrogen and oxygen atoms in total. The summed E-state index contributed by atoms with van der Waals surface area (Å²) in [6.45, 7) is -0.539. The van der Waals surface area contributed by atoms with Crippen LogP contribution in [0.2, 0.25) is 0 Å². The van der Waals surface area contributed by atoms with Crippen LogP contribution in [0.25, 0.3) is 0 Å². The van der Waals surface area contributed by atoms with Gasteiger partial charge in [-0.05, 0) is 0 Å². The molecule has 6 N–H and O–H groups in total. The molecular formula is C12H20O10. The average molecular weight is 324 g/mol. The lowest BCUT2D eigenvalue weighted by molar-refractivity contribution is -0.337. The minimum atomic E-state index is -1.62. The highest BCUT2D eigenvalue weighted by Gasteiger charge is 2.48. The normalized spacial score (nSPS) is 46.0. The Hall–Kier alpha value is -0.980. The zero-order valence-electron chi connectivity index (χ0n) is 11.7. The van der Waals surface area contributed by atoms with Crippen LogP contribution in [0.5, 0.6) is 0 Å². The van der Waals surface area contributed by atoms with E-state index >= 15 is 0 Å². The fraction of sp³-hybridized carbons (Fsp3) is 0.833. The van der Waals surface area contributed by atoms with E-state index in [0.29, 0.717) is 0 Å². The van der Waals surface area contributed by atoms with Gasteiger partial charge < -0.3 is 49.6 Å². The van der Waals surface area contributed by atoms with Crippen molar-refractivity contribution in [1.29, 1.82) is 0 Å². The molecule has 128 valence electrons. The predicted octanol–water partition coefficient (Wildman–Crippen LogP) is -3.07. The van der Waals surface area contributed by atoms with Crippen molar-refractivity contribution in [3.8, 4) is 0 Å². The Morgan fingerprint density at radius 1 is 1.09 bits per heavy atom. The van der Waals surface area contributed by atoms with Gasteiger partial charge >= 0.3 is 0 Å². The van der Waals surface area contributed by atoms with E-state index in [9.17, 15) is 25.5 Å². The number of methoxy groups -OCH3 is 1. The summed E-state index contributed by atoms with van der Waals surface area (Å²) >= 11 is 0. The lowest BCUT2D eigenvalue weighted by atomic mass is 9.99. The molecule has 0 aliphatic carbocycles. The smallest absolute Gasteiger partial charge is 0.228 e. The summed E-state index contributed by atoms with van der Waals surface area (Å²) < 4.78 is 20.4. The number of aliphatic hydroxyl groups is 6. The second-order valence-corrected chi connectivity index (χ2v) is 5.03. The van der Waals surface area contributed by atoms with E-state index < -0.39 is 61.6 Å². The molecule has 0 radical (unpaired) electrons. The lowest BCUT2D eigenvalue weighted by Crippen LogP contribution is -2.61. The highest BCUT2D eigenvalue weighted by Crippen LogP contribution is 2.28. The summed E-state index contributed by atoms with van der Waals surface area (Å²) in [5.74, 6) is -0.573.